The predicted molar refractivity (Wildman–Crippen MR) is 33.6 cm³/mol. The largest absolute Gasteiger partial charge is 0.333 e. The lowest BCUT2D eigenvalue weighted by Crippen LogP contribution is -1.91. The monoisotopic (exact) mass is 113 g/mol. The zero-order chi connectivity index (χ0) is 5.11. The van der Waals surface area contributed by atoms with Crippen LogP contribution < -0.4 is 4.72 Å². The lowest BCUT2D eigenvalue weighted by molar-refractivity contribution is 1.37. The van der Waals surface area contributed by atoms with Crippen LogP contribution in [-0.4, -0.2) is 0 Å². The molecule has 0 aromatic carbocycles. The molecule has 7 heavy (non-hydrogen) atoms. The van der Waals surface area contributed by atoms with Crippen molar-refractivity contribution in [2.45, 2.75) is 6.92 Å². The van der Waals surface area contributed by atoms with Crippen LogP contribution in [0.25, 0.3) is 0 Å². The van der Waals surface area contributed by atoms with Crippen molar-refractivity contribution in [2.75, 3.05) is 0 Å². The zero-order valence-corrected chi connectivity index (χ0v) is 4.96. The smallest absolute Gasteiger partial charge is 0.00782 e. The molecule has 0 saturated carbocycles. The molecule has 1 aliphatic rings. The van der Waals surface area contributed by atoms with Crippen LogP contribution in [0.2, 0.25) is 0 Å². The molecule has 1 nitrogen and oxygen atoms in total. The Morgan fingerprint density at radius 3 is 2.86 bits per heavy atom. The molecule has 0 aromatic heterocycles. The standard InChI is InChI=1S/C5H7NS/c1-5-2-3-6-7-4-5/h2-4,6H,1H3. The van der Waals surface area contributed by atoms with Crippen molar-refractivity contribution in [1.29, 1.82) is 0 Å². The van der Waals surface area contributed by atoms with Crippen molar-refractivity contribution >= 4 is 11.9 Å². The topological polar surface area (TPSA) is 12.0 Å². The number of nitrogens with one attached hydrogen (secondary N) is 1. The van der Waals surface area contributed by atoms with E-state index in [2.05, 4.69) is 17.1 Å². The number of rotatable bonds is 0. The lowest BCUT2D eigenvalue weighted by Gasteiger charge is -1.99. The Morgan fingerprint density at radius 1 is 1.71 bits per heavy atom. The summed E-state index contributed by atoms with van der Waals surface area (Å²) in [5.74, 6) is 0. The van der Waals surface area contributed by atoms with E-state index in [1.807, 2.05) is 12.3 Å². The molecular formula is C5H7NS. The second-order valence-electron chi connectivity index (χ2n) is 1.43. The van der Waals surface area contributed by atoms with Crippen molar-refractivity contribution in [3.05, 3.63) is 23.3 Å². The Hall–Kier alpha value is -0.370. The van der Waals surface area contributed by atoms with Crippen LogP contribution in [0.15, 0.2) is 23.3 Å². The van der Waals surface area contributed by atoms with E-state index < -0.39 is 0 Å². The predicted octanol–water partition coefficient (Wildman–Crippen LogP) is 1.66. The minimum Gasteiger partial charge on any atom is -0.333 e. The van der Waals surface area contributed by atoms with Gasteiger partial charge in [0.05, 0.1) is 0 Å². The fraction of sp³-hybridized carbons (Fsp3) is 0.200. The summed E-state index contributed by atoms with van der Waals surface area (Å²) in [6.07, 6.45) is 3.97. The van der Waals surface area contributed by atoms with E-state index in [0.29, 0.717) is 0 Å². The summed E-state index contributed by atoms with van der Waals surface area (Å²) in [6.45, 7) is 2.07. The highest BCUT2D eigenvalue weighted by molar-refractivity contribution is 8.00. The summed E-state index contributed by atoms with van der Waals surface area (Å²) >= 11 is 1.60. The van der Waals surface area contributed by atoms with Crippen LogP contribution in [0.4, 0.5) is 0 Å². The molecule has 0 unspecified atom stereocenters. The summed E-state index contributed by atoms with van der Waals surface area (Å²) in [5.41, 5.74) is 1.31. The molecule has 1 rings (SSSR count). The minimum absolute atomic E-state index is 1.31. The summed E-state index contributed by atoms with van der Waals surface area (Å²) in [7, 11) is 0. The highest BCUT2D eigenvalue weighted by atomic mass is 32.2. The van der Waals surface area contributed by atoms with E-state index in [9.17, 15) is 0 Å². The summed E-state index contributed by atoms with van der Waals surface area (Å²) in [4.78, 5) is 0. The zero-order valence-electron chi connectivity index (χ0n) is 4.14. The highest BCUT2D eigenvalue weighted by Crippen LogP contribution is 2.07. The van der Waals surface area contributed by atoms with Gasteiger partial charge in [-0.15, -0.1) is 0 Å². The molecule has 0 fully saturated rings. The molecule has 0 bridgehead atoms. The first-order valence-electron chi connectivity index (χ1n) is 2.14. The average Bonchev–Trinajstić information content (AvgIpc) is 1.69. The van der Waals surface area contributed by atoms with Crippen molar-refractivity contribution in [3.63, 3.8) is 0 Å². The van der Waals surface area contributed by atoms with Crippen LogP contribution in [0.1, 0.15) is 6.92 Å². The van der Waals surface area contributed by atoms with Crippen molar-refractivity contribution < 1.29 is 0 Å². The molecule has 0 aromatic rings. The van der Waals surface area contributed by atoms with Crippen LogP contribution >= 0.6 is 11.9 Å². The molecule has 0 spiro atoms. The van der Waals surface area contributed by atoms with Gasteiger partial charge in [-0.1, -0.05) is 0 Å². The molecule has 0 amide bonds. The van der Waals surface area contributed by atoms with Crippen molar-refractivity contribution in [3.8, 4) is 0 Å². The molecule has 0 saturated heterocycles. The van der Waals surface area contributed by atoms with E-state index >= 15 is 0 Å². The molecule has 38 valence electrons. The number of hydrogen-bond acceptors (Lipinski definition) is 2. The quantitative estimate of drug-likeness (QED) is 0.479. The summed E-state index contributed by atoms with van der Waals surface area (Å²) in [6, 6.07) is 0. The normalized spacial score (nSPS) is 18.1. The average molecular weight is 113 g/mol. The Kier molecular flexibility index (Phi) is 1.42. The maximum Gasteiger partial charge on any atom is 0.00782 e. The fourth-order valence-electron chi connectivity index (χ4n) is 0.371. The third kappa shape index (κ3) is 1.27. The summed E-state index contributed by atoms with van der Waals surface area (Å²) in [5, 5.41) is 2.07. The molecule has 1 heterocycles. The third-order valence-electron chi connectivity index (χ3n) is 0.727. The van der Waals surface area contributed by atoms with Gasteiger partial charge in [0.1, 0.15) is 0 Å². The molecule has 0 aliphatic carbocycles. The van der Waals surface area contributed by atoms with E-state index in [0.717, 1.165) is 0 Å². The van der Waals surface area contributed by atoms with E-state index in [1.54, 1.807) is 11.9 Å². The van der Waals surface area contributed by atoms with Gasteiger partial charge in [0.25, 0.3) is 0 Å². The molecular weight excluding hydrogens is 106 g/mol. The van der Waals surface area contributed by atoms with Gasteiger partial charge >= 0.3 is 0 Å². The van der Waals surface area contributed by atoms with Crippen LogP contribution in [0, 0.1) is 0 Å². The SMILES string of the molecule is CC1=CSNC=C1. The number of allylic oxidation sites excluding steroid dienone is 2. The Labute approximate surface area is 47.6 Å². The molecule has 1 N–H and O–H groups in total. The second kappa shape index (κ2) is 2.07. The maximum atomic E-state index is 2.97. The maximum absolute atomic E-state index is 2.97. The second-order valence-corrected chi connectivity index (χ2v) is 2.14. The van der Waals surface area contributed by atoms with Gasteiger partial charge < -0.3 is 4.72 Å². The first kappa shape index (κ1) is 4.78. The van der Waals surface area contributed by atoms with Crippen LogP contribution in [0.5, 0.6) is 0 Å². The van der Waals surface area contributed by atoms with Gasteiger partial charge in [0.15, 0.2) is 0 Å². The Bertz CT molecular complexity index is 115. The Balaban J connectivity index is 2.58. The minimum atomic E-state index is 1.31. The van der Waals surface area contributed by atoms with Gasteiger partial charge in [-0.05, 0) is 35.9 Å². The fourth-order valence-corrected chi connectivity index (χ4v) is 0.850. The summed E-state index contributed by atoms with van der Waals surface area (Å²) < 4.78 is 2.97. The van der Waals surface area contributed by atoms with Crippen LogP contribution in [0.3, 0.4) is 0 Å². The van der Waals surface area contributed by atoms with Crippen molar-refractivity contribution in [1.82, 2.24) is 4.72 Å². The molecule has 1 aliphatic heterocycles. The van der Waals surface area contributed by atoms with Gasteiger partial charge in [-0.2, -0.15) is 0 Å². The first-order valence-corrected chi connectivity index (χ1v) is 3.02. The molecule has 0 radical (unpaired) electrons. The van der Waals surface area contributed by atoms with Crippen molar-refractivity contribution in [2.24, 2.45) is 0 Å². The van der Waals surface area contributed by atoms with Gasteiger partial charge in [-0.3, -0.25) is 0 Å². The van der Waals surface area contributed by atoms with Gasteiger partial charge in [0.2, 0.25) is 0 Å². The molecule has 0 atom stereocenters. The van der Waals surface area contributed by atoms with Gasteiger partial charge in [0, 0.05) is 6.20 Å². The van der Waals surface area contributed by atoms with Gasteiger partial charge in [-0.25, -0.2) is 0 Å². The third-order valence-corrected chi connectivity index (χ3v) is 1.49. The van der Waals surface area contributed by atoms with E-state index in [1.165, 1.54) is 5.57 Å². The molecule has 2 heteroatoms. The first-order chi connectivity index (χ1) is 3.39. The van der Waals surface area contributed by atoms with E-state index in [-0.39, 0.29) is 0 Å². The highest BCUT2D eigenvalue weighted by Gasteiger charge is 1.85. The number of hydrogen-bond donors (Lipinski definition) is 1. The lowest BCUT2D eigenvalue weighted by atomic mass is 10.3. The van der Waals surface area contributed by atoms with Crippen LogP contribution in [-0.2, 0) is 0 Å². The van der Waals surface area contributed by atoms with E-state index in [4.69, 9.17) is 0 Å². The Morgan fingerprint density at radius 2 is 2.57 bits per heavy atom.